The van der Waals surface area contributed by atoms with E-state index in [2.05, 4.69) is 25.0 Å². The molecule has 0 bridgehead atoms. The van der Waals surface area contributed by atoms with Gasteiger partial charge in [-0.3, -0.25) is 23.5 Å². The Morgan fingerprint density at radius 2 is 1.78 bits per heavy atom. The van der Waals surface area contributed by atoms with Gasteiger partial charge in [-0.05, 0) is 32.0 Å². The van der Waals surface area contributed by atoms with Crippen molar-refractivity contribution in [2.75, 3.05) is 31.1 Å². The molecule has 0 spiro atoms. The first-order valence-corrected chi connectivity index (χ1v) is 10.8. The predicted octanol–water partition coefficient (Wildman–Crippen LogP) is 1.04. The van der Waals surface area contributed by atoms with Gasteiger partial charge in [0.2, 0.25) is 5.65 Å². The summed E-state index contributed by atoms with van der Waals surface area (Å²) in [6, 6.07) is 5.97. The molecule has 5 rings (SSSR count). The minimum atomic E-state index is -0.152. The summed E-state index contributed by atoms with van der Waals surface area (Å²) in [5.74, 6) is 0.766. The Kier molecular flexibility index (Phi) is 5.01. The number of piperazine rings is 1. The molecule has 1 aliphatic heterocycles. The Hall–Kier alpha value is -3.53. The Bertz CT molecular complexity index is 1410. The largest absolute Gasteiger partial charge is 0.369 e. The Labute approximate surface area is 184 Å². The lowest BCUT2D eigenvalue weighted by molar-refractivity contribution is 0.243. The fourth-order valence-electron chi connectivity index (χ4n) is 4.18. The topological polar surface area (TPSA) is 93.6 Å². The van der Waals surface area contributed by atoms with E-state index in [9.17, 15) is 9.59 Å². The molecule has 0 aliphatic carbocycles. The zero-order chi connectivity index (χ0) is 22.4. The van der Waals surface area contributed by atoms with Crippen LogP contribution in [0.15, 0.2) is 46.5 Å². The first-order chi connectivity index (χ1) is 15.4. The van der Waals surface area contributed by atoms with Crippen molar-refractivity contribution in [1.82, 2.24) is 33.6 Å². The van der Waals surface area contributed by atoms with Gasteiger partial charge in [0.05, 0.1) is 23.8 Å². The van der Waals surface area contributed by atoms with Crippen LogP contribution in [0.4, 0.5) is 5.69 Å². The minimum absolute atomic E-state index is 0.00302. The van der Waals surface area contributed by atoms with Gasteiger partial charge in [0.1, 0.15) is 0 Å². The van der Waals surface area contributed by atoms with Crippen LogP contribution < -0.4 is 16.0 Å². The molecule has 1 fully saturated rings. The third-order valence-electron chi connectivity index (χ3n) is 6.14. The number of fused-ring (bicyclic) bond motifs is 2. The molecule has 1 aliphatic rings. The molecular formula is C22H26N8O2. The van der Waals surface area contributed by atoms with E-state index in [1.54, 1.807) is 28.5 Å². The van der Waals surface area contributed by atoms with E-state index in [0.717, 1.165) is 43.2 Å². The second kappa shape index (κ2) is 7.86. The van der Waals surface area contributed by atoms with Crippen LogP contribution in [0.25, 0.3) is 16.6 Å². The van der Waals surface area contributed by atoms with Crippen LogP contribution in [0, 0.1) is 0 Å². The predicted molar refractivity (Wildman–Crippen MR) is 122 cm³/mol. The van der Waals surface area contributed by atoms with Crippen molar-refractivity contribution in [3.8, 4) is 0 Å². The number of nitrogens with zero attached hydrogens (tertiary/aromatic N) is 8. The molecule has 0 amide bonds. The molecule has 0 saturated carbocycles. The number of hydrogen-bond acceptors (Lipinski definition) is 7. The van der Waals surface area contributed by atoms with Gasteiger partial charge in [0.15, 0.2) is 5.82 Å². The van der Waals surface area contributed by atoms with Gasteiger partial charge in [0.25, 0.3) is 11.1 Å². The quantitative estimate of drug-likeness (QED) is 0.474. The van der Waals surface area contributed by atoms with E-state index in [1.165, 1.54) is 4.57 Å². The lowest BCUT2D eigenvalue weighted by Gasteiger charge is -2.35. The maximum Gasteiger partial charge on any atom is 0.295 e. The number of anilines is 1. The average molecular weight is 435 g/mol. The highest BCUT2D eigenvalue weighted by Gasteiger charge is 2.20. The van der Waals surface area contributed by atoms with Crippen molar-refractivity contribution in [3.05, 3.63) is 63.5 Å². The van der Waals surface area contributed by atoms with E-state index in [0.29, 0.717) is 17.6 Å². The molecule has 10 nitrogen and oxygen atoms in total. The third kappa shape index (κ3) is 3.46. The Balaban J connectivity index is 1.30. The lowest BCUT2D eigenvalue weighted by Crippen LogP contribution is -2.46. The van der Waals surface area contributed by atoms with Crippen molar-refractivity contribution in [3.63, 3.8) is 0 Å². The van der Waals surface area contributed by atoms with Crippen LogP contribution in [-0.4, -0.2) is 59.8 Å². The standard InChI is InChI=1S/C22H26N8O2/c1-15(2)30-14-23-18-12-16(4-5-17(18)21(30)31)28-9-7-27(8-10-28)13-19-24-25-20-22(32)26(3)6-11-29(19)20/h4-6,11-12,14-15H,7-10,13H2,1-3H3. The fourth-order valence-corrected chi connectivity index (χ4v) is 4.18. The van der Waals surface area contributed by atoms with E-state index >= 15 is 0 Å². The monoisotopic (exact) mass is 434 g/mol. The highest BCUT2D eigenvalue weighted by molar-refractivity contribution is 5.81. The normalized spacial score (nSPS) is 15.3. The van der Waals surface area contributed by atoms with Crippen LogP contribution >= 0.6 is 0 Å². The van der Waals surface area contributed by atoms with Crippen molar-refractivity contribution >= 4 is 22.2 Å². The maximum absolute atomic E-state index is 12.7. The summed E-state index contributed by atoms with van der Waals surface area (Å²) in [4.78, 5) is 34.0. The van der Waals surface area contributed by atoms with Crippen LogP contribution in [-0.2, 0) is 13.6 Å². The highest BCUT2D eigenvalue weighted by atomic mass is 16.1. The SMILES string of the molecule is CC(C)n1cnc2cc(N3CCN(Cc4nnc5c(=O)n(C)ccn45)CC3)ccc2c1=O. The van der Waals surface area contributed by atoms with E-state index < -0.39 is 0 Å². The molecule has 32 heavy (non-hydrogen) atoms. The van der Waals surface area contributed by atoms with Gasteiger partial charge in [-0.25, -0.2) is 4.98 Å². The van der Waals surface area contributed by atoms with Gasteiger partial charge in [-0.2, -0.15) is 0 Å². The number of hydrogen-bond donors (Lipinski definition) is 0. The molecule has 3 aromatic heterocycles. The van der Waals surface area contributed by atoms with Gasteiger partial charge < -0.3 is 9.47 Å². The zero-order valence-electron chi connectivity index (χ0n) is 18.5. The van der Waals surface area contributed by atoms with E-state index in [4.69, 9.17) is 0 Å². The summed E-state index contributed by atoms with van der Waals surface area (Å²) in [5, 5.41) is 8.95. The van der Waals surface area contributed by atoms with E-state index in [1.807, 2.05) is 38.2 Å². The first kappa shape index (κ1) is 20.4. The molecular weight excluding hydrogens is 408 g/mol. The highest BCUT2D eigenvalue weighted by Crippen LogP contribution is 2.21. The molecule has 0 unspecified atom stereocenters. The molecule has 0 radical (unpaired) electrons. The van der Waals surface area contributed by atoms with Crippen LogP contribution in [0.1, 0.15) is 25.7 Å². The molecule has 166 valence electrons. The number of aryl methyl sites for hydroxylation is 1. The van der Waals surface area contributed by atoms with Crippen LogP contribution in [0.3, 0.4) is 0 Å². The molecule has 1 aromatic carbocycles. The van der Waals surface area contributed by atoms with Crippen molar-refractivity contribution in [2.24, 2.45) is 7.05 Å². The maximum atomic E-state index is 12.7. The molecule has 1 saturated heterocycles. The summed E-state index contributed by atoms with van der Waals surface area (Å²) < 4.78 is 4.93. The third-order valence-corrected chi connectivity index (χ3v) is 6.14. The molecule has 4 heterocycles. The average Bonchev–Trinajstić information content (AvgIpc) is 3.20. The zero-order valence-corrected chi connectivity index (χ0v) is 18.5. The lowest BCUT2D eigenvalue weighted by atomic mass is 10.2. The van der Waals surface area contributed by atoms with Crippen molar-refractivity contribution in [1.29, 1.82) is 0 Å². The summed E-state index contributed by atoms with van der Waals surface area (Å²) in [6.45, 7) is 8.02. The molecule has 10 heteroatoms. The summed E-state index contributed by atoms with van der Waals surface area (Å²) in [6.07, 6.45) is 5.19. The number of rotatable bonds is 4. The number of aromatic nitrogens is 6. The Morgan fingerprint density at radius 3 is 2.53 bits per heavy atom. The van der Waals surface area contributed by atoms with Gasteiger partial charge in [-0.15, -0.1) is 10.2 Å². The second-order valence-corrected chi connectivity index (χ2v) is 8.54. The van der Waals surface area contributed by atoms with Gasteiger partial charge in [-0.1, -0.05) is 0 Å². The Morgan fingerprint density at radius 1 is 1.00 bits per heavy atom. The fraction of sp³-hybridized carbons (Fsp3) is 0.409. The van der Waals surface area contributed by atoms with Crippen LogP contribution in [0.2, 0.25) is 0 Å². The van der Waals surface area contributed by atoms with Gasteiger partial charge in [0, 0.05) is 57.3 Å². The summed E-state index contributed by atoms with van der Waals surface area (Å²) in [5.41, 5.74) is 1.99. The van der Waals surface area contributed by atoms with Crippen molar-refractivity contribution < 1.29 is 0 Å². The molecule has 0 N–H and O–H groups in total. The first-order valence-electron chi connectivity index (χ1n) is 10.8. The molecule has 4 aromatic rings. The van der Waals surface area contributed by atoms with E-state index in [-0.39, 0.29) is 17.2 Å². The summed E-state index contributed by atoms with van der Waals surface area (Å²) >= 11 is 0. The summed E-state index contributed by atoms with van der Waals surface area (Å²) in [7, 11) is 1.71. The second-order valence-electron chi connectivity index (χ2n) is 8.54. The minimum Gasteiger partial charge on any atom is -0.369 e. The number of benzene rings is 1. The van der Waals surface area contributed by atoms with Gasteiger partial charge >= 0.3 is 0 Å². The molecule has 0 atom stereocenters. The smallest absolute Gasteiger partial charge is 0.295 e. The van der Waals surface area contributed by atoms with Crippen LogP contribution in [0.5, 0.6) is 0 Å². The van der Waals surface area contributed by atoms with Crippen molar-refractivity contribution in [2.45, 2.75) is 26.4 Å².